The van der Waals surface area contributed by atoms with Crippen molar-refractivity contribution < 1.29 is 9.53 Å². The smallest absolute Gasteiger partial charge is 0.238 e. The minimum absolute atomic E-state index is 0.0443. The highest BCUT2D eigenvalue weighted by molar-refractivity contribution is 7.99. The van der Waals surface area contributed by atoms with E-state index >= 15 is 0 Å². The van der Waals surface area contributed by atoms with Gasteiger partial charge in [-0.3, -0.25) is 9.69 Å². The molecule has 0 aliphatic carbocycles. The van der Waals surface area contributed by atoms with E-state index in [-0.39, 0.29) is 5.91 Å². The summed E-state index contributed by atoms with van der Waals surface area (Å²) in [6, 6.07) is 11.7. The maximum Gasteiger partial charge on any atom is 0.238 e. The Kier molecular flexibility index (Phi) is 5.37. The van der Waals surface area contributed by atoms with Crippen LogP contribution in [0, 0.1) is 0 Å². The number of pyridine rings is 1. The first kappa shape index (κ1) is 18.5. The Morgan fingerprint density at radius 2 is 2.04 bits per heavy atom. The number of anilines is 1. The van der Waals surface area contributed by atoms with Crippen molar-refractivity contribution >= 4 is 28.9 Å². The zero-order valence-corrected chi connectivity index (χ0v) is 16.5. The summed E-state index contributed by atoms with van der Waals surface area (Å²) in [5.41, 5.74) is 2.65. The number of thioether (sulfide) groups is 1. The van der Waals surface area contributed by atoms with Crippen molar-refractivity contribution in [3.63, 3.8) is 0 Å². The number of benzene rings is 1. The van der Waals surface area contributed by atoms with E-state index < -0.39 is 5.54 Å². The van der Waals surface area contributed by atoms with Crippen molar-refractivity contribution in [2.75, 3.05) is 17.3 Å². The van der Waals surface area contributed by atoms with Crippen molar-refractivity contribution in [3.05, 3.63) is 54.2 Å². The van der Waals surface area contributed by atoms with Gasteiger partial charge in [-0.05, 0) is 51.5 Å². The third-order valence-corrected chi connectivity index (χ3v) is 5.25. The third kappa shape index (κ3) is 3.63. The highest BCUT2D eigenvalue weighted by Gasteiger charge is 2.37. The van der Waals surface area contributed by atoms with Crippen LogP contribution >= 0.6 is 11.8 Å². The maximum absolute atomic E-state index is 13.2. The fourth-order valence-corrected chi connectivity index (χ4v) is 4.09. The molecular weight excluding hydrogens is 344 g/mol. The van der Waals surface area contributed by atoms with Crippen molar-refractivity contribution in [1.82, 2.24) is 4.98 Å². The normalized spacial score (nSPS) is 15.2. The summed E-state index contributed by atoms with van der Waals surface area (Å²) in [5, 5.41) is 0.848. The van der Waals surface area contributed by atoms with Gasteiger partial charge in [-0.1, -0.05) is 36.0 Å². The van der Waals surface area contributed by atoms with Crippen LogP contribution in [0.5, 0.6) is 5.75 Å². The standard InChI is InChI=1S/C21H24N2O2S/c1-5-25-17-10-8-9-16-15(2)13-21(3,4)23(20(16)17)19(24)14-26-18-11-6-7-12-22-18/h6-13H,5,14H2,1-4H3. The predicted octanol–water partition coefficient (Wildman–Crippen LogP) is 4.80. The van der Waals surface area contributed by atoms with E-state index in [0.717, 1.165) is 27.6 Å². The topological polar surface area (TPSA) is 42.4 Å². The summed E-state index contributed by atoms with van der Waals surface area (Å²) >= 11 is 1.45. The first-order valence-electron chi connectivity index (χ1n) is 8.76. The van der Waals surface area contributed by atoms with Gasteiger partial charge in [-0.2, -0.15) is 0 Å². The highest BCUT2D eigenvalue weighted by atomic mass is 32.2. The lowest BCUT2D eigenvalue weighted by Gasteiger charge is -2.42. The average Bonchev–Trinajstić information content (AvgIpc) is 2.61. The first-order valence-corrected chi connectivity index (χ1v) is 9.75. The number of hydrogen-bond acceptors (Lipinski definition) is 4. The number of para-hydroxylation sites is 1. The molecule has 0 saturated carbocycles. The molecule has 0 N–H and O–H groups in total. The van der Waals surface area contributed by atoms with Gasteiger partial charge in [0.15, 0.2) is 0 Å². The molecule has 2 heterocycles. The molecule has 3 rings (SSSR count). The maximum atomic E-state index is 13.2. The zero-order valence-electron chi connectivity index (χ0n) is 15.7. The van der Waals surface area contributed by atoms with Gasteiger partial charge in [-0.25, -0.2) is 4.98 Å². The Labute approximate surface area is 159 Å². The molecular formula is C21H24N2O2S. The molecule has 0 bridgehead atoms. The number of ether oxygens (including phenoxy) is 1. The van der Waals surface area contributed by atoms with Crippen molar-refractivity contribution in [1.29, 1.82) is 0 Å². The number of nitrogens with zero attached hydrogens (tertiary/aromatic N) is 2. The first-order chi connectivity index (χ1) is 12.4. The van der Waals surface area contributed by atoms with Crippen molar-refractivity contribution in [2.24, 2.45) is 0 Å². The van der Waals surface area contributed by atoms with Gasteiger partial charge in [-0.15, -0.1) is 0 Å². The van der Waals surface area contributed by atoms with Crippen LogP contribution < -0.4 is 9.64 Å². The summed E-state index contributed by atoms with van der Waals surface area (Å²) in [6.45, 7) is 8.72. The summed E-state index contributed by atoms with van der Waals surface area (Å²) in [4.78, 5) is 19.4. The number of amides is 1. The largest absolute Gasteiger partial charge is 0.492 e. The van der Waals surface area contributed by atoms with Crippen LogP contribution in [0.25, 0.3) is 5.57 Å². The van der Waals surface area contributed by atoms with Crippen LogP contribution in [0.1, 0.15) is 33.3 Å². The summed E-state index contributed by atoms with van der Waals surface area (Å²) in [5.74, 6) is 1.12. The quantitative estimate of drug-likeness (QED) is 0.711. The molecule has 0 fully saturated rings. The minimum atomic E-state index is -0.425. The van der Waals surface area contributed by atoms with Gasteiger partial charge in [0.05, 0.1) is 28.6 Å². The van der Waals surface area contributed by atoms with Crippen molar-refractivity contribution in [3.8, 4) is 5.75 Å². The lowest BCUT2D eigenvalue weighted by atomic mass is 9.88. The van der Waals surface area contributed by atoms with Gasteiger partial charge in [0, 0.05) is 11.8 Å². The Balaban J connectivity index is 1.96. The average molecular weight is 369 g/mol. The molecule has 4 nitrogen and oxygen atoms in total. The fraction of sp³-hybridized carbons (Fsp3) is 0.333. The zero-order chi connectivity index (χ0) is 18.7. The second-order valence-electron chi connectivity index (χ2n) is 6.75. The molecule has 5 heteroatoms. The van der Waals surface area contributed by atoms with E-state index in [9.17, 15) is 4.79 Å². The number of aromatic nitrogens is 1. The van der Waals surface area contributed by atoms with Crippen molar-refractivity contribution in [2.45, 2.75) is 38.3 Å². The molecule has 1 amide bonds. The monoisotopic (exact) mass is 368 g/mol. The van der Waals surface area contributed by atoms with E-state index in [1.807, 2.05) is 48.2 Å². The number of carbonyl (C=O) groups excluding carboxylic acids is 1. The fourth-order valence-electron chi connectivity index (χ4n) is 3.38. The number of rotatable bonds is 5. The highest BCUT2D eigenvalue weighted by Crippen LogP contribution is 2.44. The minimum Gasteiger partial charge on any atom is -0.492 e. The van der Waals surface area contributed by atoms with Crippen LogP contribution in [-0.2, 0) is 4.79 Å². The van der Waals surface area contributed by atoms with Gasteiger partial charge < -0.3 is 4.74 Å². The molecule has 0 radical (unpaired) electrons. The number of hydrogen-bond donors (Lipinski definition) is 0. The number of fused-ring (bicyclic) bond motifs is 1. The molecule has 26 heavy (non-hydrogen) atoms. The molecule has 1 aliphatic heterocycles. The van der Waals surface area contributed by atoms with E-state index in [0.29, 0.717) is 12.4 Å². The van der Waals surface area contributed by atoms with Crippen LogP contribution in [0.4, 0.5) is 5.69 Å². The van der Waals surface area contributed by atoms with Gasteiger partial charge in [0.1, 0.15) is 5.75 Å². The van der Waals surface area contributed by atoms with E-state index in [4.69, 9.17) is 4.74 Å². The van der Waals surface area contributed by atoms with E-state index in [1.165, 1.54) is 11.8 Å². The van der Waals surface area contributed by atoms with Crippen LogP contribution in [0.3, 0.4) is 0 Å². The Bertz CT molecular complexity index is 831. The molecule has 2 aromatic rings. The van der Waals surface area contributed by atoms with Crippen LogP contribution in [0.15, 0.2) is 53.7 Å². The number of allylic oxidation sites excluding steroid dienone is 1. The van der Waals surface area contributed by atoms with E-state index in [1.54, 1.807) is 6.20 Å². The second kappa shape index (κ2) is 7.54. The van der Waals surface area contributed by atoms with Gasteiger partial charge >= 0.3 is 0 Å². The Morgan fingerprint density at radius 1 is 1.23 bits per heavy atom. The van der Waals surface area contributed by atoms with Crippen LogP contribution in [-0.4, -0.2) is 28.8 Å². The predicted molar refractivity (Wildman–Crippen MR) is 108 cm³/mol. The molecule has 1 aliphatic rings. The number of carbonyl (C=O) groups is 1. The lowest BCUT2D eigenvalue weighted by molar-refractivity contribution is -0.116. The summed E-state index contributed by atoms with van der Waals surface area (Å²) in [6.07, 6.45) is 3.89. The molecule has 0 spiro atoms. The third-order valence-electron chi connectivity index (χ3n) is 4.32. The SMILES string of the molecule is CCOc1cccc2c1N(C(=O)CSc1ccccn1)C(C)(C)C=C2C. The summed E-state index contributed by atoms with van der Waals surface area (Å²) < 4.78 is 5.85. The van der Waals surface area contributed by atoms with Crippen LogP contribution in [0.2, 0.25) is 0 Å². The molecule has 0 atom stereocenters. The van der Waals surface area contributed by atoms with Gasteiger partial charge in [0.2, 0.25) is 5.91 Å². The molecule has 0 unspecified atom stereocenters. The molecule has 1 aromatic heterocycles. The van der Waals surface area contributed by atoms with Gasteiger partial charge in [0.25, 0.3) is 0 Å². The molecule has 1 aromatic carbocycles. The van der Waals surface area contributed by atoms with E-state index in [2.05, 4.69) is 31.8 Å². The molecule has 0 saturated heterocycles. The summed E-state index contributed by atoms with van der Waals surface area (Å²) in [7, 11) is 0. The lowest BCUT2D eigenvalue weighted by Crippen LogP contribution is -2.50. The second-order valence-corrected chi connectivity index (χ2v) is 7.75. The Morgan fingerprint density at radius 3 is 2.73 bits per heavy atom. The Hall–Kier alpha value is -2.27. The molecule has 136 valence electrons.